The fourth-order valence-electron chi connectivity index (χ4n) is 3.43. The Morgan fingerprint density at radius 2 is 1.69 bits per heavy atom. The molecule has 0 aliphatic heterocycles. The maximum absolute atomic E-state index is 13.5. The lowest BCUT2D eigenvalue weighted by Crippen LogP contribution is -2.25. The minimum Gasteiger partial charge on any atom is -0.497 e. The van der Waals surface area contributed by atoms with Crippen LogP contribution in [-0.4, -0.2) is 42.0 Å². The fourth-order valence-corrected chi connectivity index (χ4v) is 4.37. The number of nitrogens with one attached hydrogen (secondary N) is 1. The summed E-state index contributed by atoms with van der Waals surface area (Å²) in [6, 6.07) is 13.3. The quantitative estimate of drug-likeness (QED) is 0.365. The summed E-state index contributed by atoms with van der Waals surface area (Å²) in [6.45, 7) is 4.21. The van der Waals surface area contributed by atoms with Crippen molar-refractivity contribution >= 4 is 39.0 Å². The Bertz CT molecular complexity index is 1420. The highest BCUT2D eigenvalue weighted by molar-refractivity contribution is 7.16. The Balaban J connectivity index is 1.81. The number of rotatable bonds is 8. The van der Waals surface area contributed by atoms with Gasteiger partial charge in [-0.2, -0.15) is 9.78 Å². The van der Waals surface area contributed by atoms with Gasteiger partial charge in [-0.1, -0.05) is 0 Å². The molecule has 2 aromatic heterocycles. The molecule has 0 atom stereocenters. The predicted molar refractivity (Wildman–Crippen MR) is 133 cm³/mol. The van der Waals surface area contributed by atoms with Gasteiger partial charge in [-0.05, 0) is 62.4 Å². The molecule has 0 spiro atoms. The third-order valence-corrected chi connectivity index (χ3v) is 5.99. The summed E-state index contributed by atoms with van der Waals surface area (Å²) in [5.74, 6) is 0.187. The molecule has 0 aliphatic rings. The molecule has 0 bridgehead atoms. The molecule has 0 aliphatic carbocycles. The van der Waals surface area contributed by atoms with Crippen molar-refractivity contribution in [3.8, 4) is 17.2 Å². The second kappa shape index (κ2) is 10.4. The number of carbonyl (C=O) groups is 2. The standard InChI is InChI=1S/C25H23N3O6S/c1-4-33-18-12-8-16(9-13-18)28-24(30)20-19(21(27-28)25(31)34-5-2)14-35-23(20)26-22(29)15-6-10-17(32-3)11-7-15/h6-14H,4-5H2,1-3H3,(H,26,29). The molecular weight excluding hydrogens is 470 g/mol. The molecule has 0 radical (unpaired) electrons. The van der Waals surface area contributed by atoms with Gasteiger partial charge in [0.2, 0.25) is 0 Å². The van der Waals surface area contributed by atoms with Gasteiger partial charge in [0.1, 0.15) is 16.5 Å². The molecule has 0 saturated carbocycles. The topological polar surface area (TPSA) is 109 Å². The normalized spacial score (nSPS) is 10.7. The first kappa shape index (κ1) is 24.0. The van der Waals surface area contributed by atoms with Crippen molar-refractivity contribution in [2.24, 2.45) is 0 Å². The van der Waals surface area contributed by atoms with Crippen LogP contribution in [0.2, 0.25) is 0 Å². The van der Waals surface area contributed by atoms with Crippen molar-refractivity contribution in [3.05, 3.63) is 75.5 Å². The van der Waals surface area contributed by atoms with E-state index in [9.17, 15) is 14.4 Å². The number of carbonyl (C=O) groups excluding carboxylic acids is 2. The van der Waals surface area contributed by atoms with Crippen LogP contribution in [0.4, 0.5) is 5.00 Å². The van der Waals surface area contributed by atoms with Gasteiger partial charge in [-0.3, -0.25) is 9.59 Å². The Morgan fingerprint density at radius 3 is 2.31 bits per heavy atom. The second-order valence-electron chi connectivity index (χ2n) is 7.25. The molecule has 4 aromatic rings. The van der Waals surface area contributed by atoms with Gasteiger partial charge in [0.05, 0.1) is 31.4 Å². The summed E-state index contributed by atoms with van der Waals surface area (Å²) in [7, 11) is 1.54. The van der Waals surface area contributed by atoms with Crippen LogP contribution in [0, 0.1) is 0 Å². The van der Waals surface area contributed by atoms with Crippen LogP contribution in [0.25, 0.3) is 16.5 Å². The lowest BCUT2D eigenvalue weighted by atomic mass is 10.2. The number of methoxy groups -OCH3 is 1. The van der Waals surface area contributed by atoms with Crippen molar-refractivity contribution in [1.29, 1.82) is 0 Å². The molecule has 10 heteroatoms. The third-order valence-electron chi connectivity index (χ3n) is 5.09. The van der Waals surface area contributed by atoms with Crippen molar-refractivity contribution in [3.63, 3.8) is 0 Å². The number of fused-ring (bicyclic) bond motifs is 1. The van der Waals surface area contributed by atoms with E-state index in [0.29, 0.717) is 39.7 Å². The molecule has 180 valence electrons. The highest BCUT2D eigenvalue weighted by atomic mass is 32.1. The van der Waals surface area contributed by atoms with Crippen LogP contribution in [0.3, 0.4) is 0 Å². The molecule has 0 unspecified atom stereocenters. The Morgan fingerprint density at radius 1 is 1.00 bits per heavy atom. The monoisotopic (exact) mass is 493 g/mol. The Labute approximate surface area is 204 Å². The Hall–Kier alpha value is -4.18. The van der Waals surface area contributed by atoms with E-state index in [-0.39, 0.29) is 17.7 Å². The number of hydrogen-bond donors (Lipinski definition) is 1. The zero-order valence-electron chi connectivity index (χ0n) is 19.4. The molecule has 0 saturated heterocycles. The predicted octanol–water partition coefficient (Wildman–Crippen LogP) is 4.28. The van der Waals surface area contributed by atoms with Crippen LogP contribution < -0.4 is 20.3 Å². The number of benzene rings is 2. The van der Waals surface area contributed by atoms with E-state index in [1.54, 1.807) is 60.8 Å². The summed E-state index contributed by atoms with van der Waals surface area (Å²) in [5.41, 5.74) is 0.323. The van der Waals surface area contributed by atoms with Crippen LogP contribution in [0.1, 0.15) is 34.7 Å². The number of nitrogens with zero attached hydrogens (tertiary/aromatic N) is 2. The zero-order valence-corrected chi connectivity index (χ0v) is 20.2. The van der Waals surface area contributed by atoms with E-state index in [1.807, 2.05) is 6.92 Å². The fraction of sp³-hybridized carbons (Fsp3) is 0.200. The van der Waals surface area contributed by atoms with E-state index in [2.05, 4.69) is 10.4 Å². The lowest BCUT2D eigenvalue weighted by Gasteiger charge is -2.11. The molecule has 9 nitrogen and oxygen atoms in total. The van der Waals surface area contributed by atoms with E-state index in [4.69, 9.17) is 14.2 Å². The third kappa shape index (κ3) is 4.87. The molecule has 4 rings (SSSR count). The molecule has 35 heavy (non-hydrogen) atoms. The summed E-state index contributed by atoms with van der Waals surface area (Å²) in [6.07, 6.45) is 0. The first-order valence-corrected chi connectivity index (χ1v) is 11.7. The Kier molecular flexibility index (Phi) is 7.11. The molecular formula is C25H23N3O6S. The average Bonchev–Trinajstić information content (AvgIpc) is 3.29. The highest BCUT2D eigenvalue weighted by Gasteiger charge is 2.23. The SMILES string of the molecule is CCOC(=O)c1nn(-c2ccc(OCC)cc2)c(=O)c2c(NC(=O)c3ccc(OC)cc3)scc12. The van der Waals surface area contributed by atoms with Crippen LogP contribution in [0.15, 0.2) is 58.7 Å². The van der Waals surface area contributed by atoms with Gasteiger partial charge in [0.25, 0.3) is 11.5 Å². The average molecular weight is 494 g/mol. The number of amides is 1. The van der Waals surface area contributed by atoms with Crippen molar-refractivity contribution < 1.29 is 23.8 Å². The number of ether oxygens (including phenoxy) is 3. The van der Waals surface area contributed by atoms with Crippen LogP contribution in [0.5, 0.6) is 11.5 Å². The molecule has 1 amide bonds. The van der Waals surface area contributed by atoms with Crippen molar-refractivity contribution in [1.82, 2.24) is 9.78 Å². The van der Waals surface area contributed by atoms with Gasteiger partial charge < -0.3 is 19.5 Å². The highest BCUT2D eigenvalue weighted by Crippen LogP contribution is 2.31. The van der Waals surface area contributed by atoms with E-state index >= 15 is 0 Å². The van der Waals surface area contributed by atoms with Gasteiger partial charge in [-0.25, -0.2) is 4.79 Å². The number of aromatic nitrogens is 2. The smallest absolute Gasteiger partial charge is 0.359 e. The van der Waals surface area contributed by atoms with Gasteiger partial charge in [0, 0.05) is 16.3 Å². The number of hydrogen-bond acceptors (Lipinski definition) is 8. The minimum absolute atomic E-state index is 0.0171. The molecule has 1 N–H and O–H groups in total. The molecule has 2 heterocycles. The van der Waals surface area contributed by atoms with Crippen LogP contribution in [-0.2, 0) is 4.74 Å². The van der Waals surface area contributed by atoms with Crippen molar-refractivity contribution in [2.45, 2.75) is 13.8 Å². The molecule has 0 fully saturated rings. The minimum atomic E-state index is -0.664. The number of thiophene rings is 1. The summed E-state index contributed by atoms with van der Waals surface area (Å²) < 4.78 is 16.9. The maximum Gasteiger partial charge on any atom is 0.359 e. The summed E-state index contributed by atoms with van der Waals surface area (Å²) in [5, 5.41) is 9.49. The summed E-state index contributed by atoms with van der Waals surface area (Å²) >= 11 is 1.13. The van der Waals surface area contributed by atoms with E-state index in [1.165, 1.54) is 7.11 Å². The number of anilines is 1. The zero-order chi connectivity index (χ0) is 24.9. The second-order valence-corrected chi connectivity index (χ2v) is 8.13. The maximum atomic E-state index is 13.5. The van der Waals surface area contributed by atoms with E-state index < -0.39 is 17.4 Å². The lowest BCUT2D eigenvalue weighted by molar-refractivity contribution is 0.0520. The summed E-state index contributed by atoms with van der Waals surface area (Å²) in [4.78, 5) is 39.1. The van der Waals surface area contributed by atoms with Crippen LogP contribution >= 0.6 is 11.3 Å². The largest absolute Gasteiger partial charge is 0.497 e. The van der Waals surface area contributed by atoms with Crippen molar-refractivity contribution in [2.75, 3.05) is 25.6 Å². The first-order chi connectivity index (χ1) is 17.0. The first-order valence-electron chi connectivity index (χ1n) is 10.9. The van der Waals surface area contributed by atoms with E-state index in [0.717, 1.165) is 16.0 Å². The van der Waals surface area contributed by atoms with Gasteiger partial charge >= 0.3 is 5.97 Å². The molecule has 2 aromatic carbocycles. The van der Waals surface area contributed by atoms with Gasteiger partial charge in [-0.15, -0.1) is 11.3 Å². The van der Waals surface area contributed by atoms with Gasteiger partial charge in [0.15, 0.2) is 5.69 Å². The number of esters is 1.